The van der Waals surface area contributed by atoms with E-state index in [1.165, 1.54) is 5.69 Å². The Morgan fingerprint density at radius 1 is 0.690 bits per heavy atom. The minimum atomic E-state index is 0.950. The van der Waals surface area contributed by atoms with E-state index in [9.17, 15) is 0 Å². The maximum absolute atomic E-state index is 5.08. The summed E-state index contributed by atoms with van der Waals surface area (Å²) in [4.78, 5) is 7.18. The maximum Gasteiger partial charge on any atom is 0.140 e. The van der Waals surface area contributed by atoms with Gasteiger partial charge in [-0.3, -0.25) is 0 Å². The lowest BCUT2D eigenvalue weighted by Gasteiger charge is -2.13. The van der Waals surface area contributed by atoms with Gasteiger partial charge in [-0.05, 0) is 48.5 Å². The number of nitrogens with zero attached hydrogens (tertiary/aromatic N) is 3. The summed E-state index contributed by atoms with van der Waals surface area (Å²) in [7, 11) is 6.18. The highest BCUT2D eigenvalue weighted by Gasteiger charge is 2.19. The third kappa shape index (κ3) is 4.02. The molecule has 5 heteroatoms. The van der Waals surface area contributed by atoms with Gasteiger partial charge in [-0.1, -0.05) is 56.1 Å². The Morgan fingerprint density at radius 2 is 1.17 bits per heavy atom. The second-order valence-corrected chi connectivity index (χ2v) is 8.98. The van der Waals surface area contributed by atoms with E-state index in [1.54, 1.807) is 0 Å². The smallest absolute Gasteiger partial charge is 0.140 e. The van der Waals surface area contributed by atoms with Gasteiger partial charge in [0.25, 0.3) is 0 Å². The van der Waals surface area contributed by atoms with Crippen LogP contribution >= 0.6 is 31.9 Å². The van der Waals surface area contributed by atoms with Gasteiger partial charge < -0.3 is 9.47 Å². The Morgan fingerprint density at radius 3 is 1.69 bits per heavy atom. The molecule has 29 heavy (non-hydrogen) atoms. The third-order valence-electron chi connectivity index (χ3n) is 4.97. The van der Waals surface area contributed by atoms with Gasteiger partial charge in [0.2, 0.25) is 0 Å². The van der Waals surface area contributed by atoms with Crippen LogP contribution in [-0.4, -0.2) is 23.6 Å². The lowest BCUT2D eigenvalue weighted by Crippen LogP contribution is -2.08. The van der Waals surface area contributed by atoms with E-state index < -0.39 is 0 Å². The number of rotatable bonds is 4. The predicted molar refractivity (Wildman–Crippen MR) is 129 cm³/mol. The van der Waals surface area contributed by atoms with Gasteiger partial charge in [-0.2, -0.15) is 0 Å². The molecule has 0 saturated carbocycles. The van der Waals surface area contributed by atoms with Crippen molar-refractivity contribution >= 4 is 37.5 Å². The molecule has 0 saturated heterocycles. The highest BCUT2D eigenvalue weighted by atomic mass is 79.9. The third-order valence-corrected chi connectivity index (χ3v) is 6.03. The fraction of sp³-hybridized carbons (Fsp3) is 0.125. The van der Waals surface area contributed by atoms with E-state index in [1.807, 2.05) is 14.1 Å². The van der Waals surface area contributed by atoms with Crippen molar-refractivity contribution in [2.45, 2.75) is 0 Å². The Hall–Kier alpha value is -2.37. The van der Waals surface area contributed by atoms with Gasteiger partial charge in [-0.15, -0.1) is 0 Å². The maximum atomic E-state index is 5.08. The number of aromatic nitrogens is 2. The van der Waals surface area contributed by atoms with Crippen molar-refractivity contribution in [1.82, 2.24) is 9.55 Å². The minimum absolute atomic E-state index is 0.950. The normalized spacial score (nSPS) is 10.9. The quantitative estimate of drug-likeness (QED) is 0.294. The molecule has 0 fully saturated rings. The first-order valence-corrected chi connectivity index (χ1v) is 10.9. The molecule has 0 spiro atoms. The van der Waals surface area contributed by atoms with Crippen molar-refractivity contribution in [3.63, 3.8) is 0 Å². The van der Waals surface area contributed by atoms with Gasteiger partial charge >= 0.3 is 0 Å². The second-order valence-electron chi connectivity index (χ2n) is 7.15. The molecule has 4 aromatic rings. The Balaban J connectivity index is 1.90. The summed E-state index contributed by atoms with van der Waals surface area (Å²) >= 11 is 7.07. The molecule has 1 aromatic heterocycles. The van der Waals surface area contributed by atoms with Crippen LogP contribution in [0.15, 0.2) is 81.7 Å². The first-order chi connectivity index (χ1) is 13.9. The SMILES string of the molecule is CN(C)c1ccc(-c2nc(-c3ccc(Br)cc3)c(-c3ccc(Br)cc3)n2C)cc1. The highest BCUT2D eigenvalue weighted by Crippen LogP contribution is 2.36. The minimum Gasteiger partial charge on any atom is -0.378 e. The van der Waals surface area contributed by atoms with Crippen LogP contribution < -0.4 is 4.90 Å². The topological polar surface area (TPSA) is 21.1 Å². The van der Waals surface area contributed by atoms with Crippen LogP contribution in [0.4, 0.5) is 5.69 Å². The molecule has 4 rings (SSSR count). The lowest BCUT2D eigenvalue weighted by atomic mass is 10.0. The lowest BCUT2D eigenvalue weighted by molar-refractivity contribution is 0.933. The van der Waals surface area contributed by atoms with Crippen molar-refractivity contribution in [2.24, 2.45) is 7.05 Å². The highest BCUT2D eigenvalue weighted by molar-refractivity contribution is 9.10. The van der Waals surface area contributed by atoms with Crippen molar-refractivity contribution in [3.8, 4) is 33.9 Å². The fourth-order valence-corrected chi connectivity index (χ4v) is 3.94. The summed E-state index contributed by atoms with van der Waals surface area (Å²) < 4.78 is 4.31. The van der Waals surface area contributed by atoms with E-state index >= 15 is 0 Å². The number of hydrogen-bond donors (Lipinski definition) is 0. The molecule has 0 aliphatic heterocycles. The van der Waals surface area contributed by atoms with Crippen LogP contribution in [0.25, 0.3) is 33.9 Å². The summed E-state index contributed by atoms with van der Waals surface area (Å²) in [5.41, 5.74) is 6.58. The second kappa shape index (κ2) is 8.17. The largest absolute Gasteiger partial charge is 0.378 e. The van der Waals surface area contributed by atoms with Crippen molar-refractivity contribution in [1.29, 1.82) is 0 Å². The van der Waals surface area contributed by atoms with Crippen LogP contribution in [0.5, 0.6) is 0 Å². The molecule has 0 radical (unpaired) electrons. The molecule has 3 aromatic carbocycles. The summed E-state index contributed by atoms with van der Waals surface area (Å²) in [6.07, 6.45) is 0. The number of benzene rings is 3. The van der Waals surface area contributed by atoms with E-state index in [4.69, 9.17) is 4.98 Å². The van der Waals surface area contributed by atoms with Crippen LogP contribution in [0.2, 0.25) is 0 Å². The van der Waals surface area contributed by atoms with E-state index in [2.05, 4.69) is 121 Å². The average molecular weight is 511 g/mol. The van der Waals surface area contributed by atoms with Gasteiger partial charge in [0, 0.05) is 52.5 Å². The molecule has 0 aliphatic carbocycles. The molecule has 146 valence electrons. The molecule has 0 aliphatic rings. The van der Waals surface area contributed by atoms with E-state index in [0.29, 0.717) is 0 Å². The van der Waals surface area contributed by atoms with Crippen LogP contribution in [0.3, 0.4) is 0 Å². The number of imidazole rings is 1. The summed E-state index contributed by atoms with van der Waals surface area (Å²) in [6.45, 7) is 0. The first kappa shape index (κ1) is 19.9. The van der Waals surface area contributed by atoms with Crippen LogP contribution in [0, 0.1) is 0 Å². The van der Waals surface area contributed by atoms with Crippen molar-refractivity contribution in [3.05, 3.63) is 81.7 Å². The monoisotopic (exact) mass is 509 g/mol. The summed E-state index contributed by atoms with van der Waals surface area (Å²) in [5.74, 6) is 0.950. The zero-order valence-corrected chi connectivity index (χ0v) is 19.7. The van der Waals surface area contributed by atoms with Gasteiger partial charge in [-0.25, -0.2) is 4.98 Å². The van der Waals surface area contributed by atoms with Crippen molar-refractivity contribution in [2.75, 3.05) is 19.0 Å². The standard InChI is InChI=1S/C24H21Br2N3/c1-28(2)21-14-8-18(9-15-21)24-27-22(16-4-10-19(25)11-5-16)23(29(24)3)17-6-12-20(26)13-7-17/h4-15H,1-3H3. The van der Waals surface area contributed by atoms with Gasteiger partial charge in [0.1, 0.15) is 5.82 Å². The van der Waals surface area contributed by atoms with Gasteiger partial charge in [0.05, 0.1) is 11.4 Å². The van der Waals surface area contributed by atoms with E-state index in [0.717, 1.165) is 42.8 Å². The molecule has 1 heterocycles. The number of halogens is 2. The van der Waals surface area contributed by atoms with Gasteiger partial charge in [0.15, 0.2) is 0 Å². The zero-order valence-electron chi connectivity index (χ0n) is 16.5. The summed E-state index contributed by atoms with van der Waals surface area (Å²) in [5, 5.41) is 0. The Labute approximate surface area is 188 Å². The number of hydrogen-bond acceptors (Lipinski definition) is 2. The molecule has 0 atom stereocenters. The molecular weight excluding hydrogens is 490 g/mol. The Bertz CT molecular complexity index is 1130. The van der Waals surface area contributed by atoms with E-state index in [-0.39, 0.29) is 0 Å². The summed E-state index contributed by atoms with van der Waals surface area (Å²) in [6, 6.07) is 25.2. The molecule has 3 nitrogen and oxygen atoms in total. The first-order valence-electron chi connectivity index (χ1n) is 9.30. The van der Waals surface area contributed by atoms with Crippen LogP contribution in [0.1, 0.15) is 0 Å². The molecule has 0 bridgehead atoms. The van der Waals surface area contributed by atoms with Crippen LogP contribution in [-0.2, 0) is 7.05 Å². The van der Waals surface area contributed by atoms with Crippen molar-refractivity contribution < 1.29 is 0 Å². The molecule has 0 amide bonds. The Kier molecular flexibility index (Phi) is 5.61. The molecule has 0 N–H and O–H groups in total. The fourth-order valence-electron chi connectivity index (χ4n) is 3.41. The molecule has 0 unspecified atom stereocenters. The zero-order chi connectivity index (χ0) is 20.5. The average Bonchev–Trinajstić information content (AvgIpc) is 3.06. The number of anilines is 1. The molecular formula is C24H21Br2N3. The predicted octanol–water partition coefficient (Wildman–Crippen LogP) is 7.01.